The fourth-order valence-corrected chi connectivity index (χ4v) is 0.861. The minimum Gasteiger partial charge on any atom is -0.468 e. The second-order valence-electron chi connectivity index (χ2n) is 2.12. The van der Waals surface area contributed by atoms with Crippen LogP contribution in [0.3, 0.4) is 0 Å². The average Bonchev–Trinajstić information content (AvgIpc) is 2.46. The van der Waals surface area contributed by atoms with Crippen LogP contribution in [-0.2, 0) is 0 Å². The third kappa shape index (κ3) is 0.969. The molecule has 2 aromatic rings. The number of aromatic amines is 1. The van der Waals surface area contributed by atoms with Crippen LogP contribution >= 0.6 is 0 Å². The van der Waals surface area contributed by atoms with Crippen molar-refractivity contribution in [3.05, 3.63) is 12.3 Å². The minimum absolute atomic E-state index is 0.263. The van der Waals surface area contributed by atoms with Crippen molar-refractivity contribution in [2.75, 3.05) is 7.11 Å². The van der Waals surface area contributed by atoms with Crippen LogP contribution in [0.4, 0.5) is 4.39 Å². The zero-order valence-electron chi connectivity index (χ0n) is 6.21. The van der Waals surface area contributed by atoms with E-state index in [0.717, 1.165) is 0 Å². The van der Waals surface area contributed by atoms with Crippen LogP contribution < -0.4 is 4.74 Å². The van der Waals surface area contributed by atoms with Gasteiger partial charge in [-0.3, -0.25) is 0 Å². The van der Waals surface area contributed by atoms with Crippen LogP contribution in [-0.4, -0.2) is 27.0 Å². The highest BCUT2D eigenvalue weighted by Gasteiger charge is 2.04. The number of aromatic nitrogens is 4. The smallest absolute Gasteiger partial charge is 0.310 e. The summed E-state index contributed by atoms with van der Waals surface area (Å²) in [5.41, 5.74) is 0.813. The Morgan fingerprint density at radius 1 is 1.50 bits per heavy atom. The molecule has 62 valence electrons. The summed E-state index contributed by atoms with van der Waals surface area (Å²) in [6.45, 7) is 0. The third-order valence-electron chi connectivity index (χ3n) is 1.38. The monoisotopic (exact) mass is 168 g/mol. The standard InChI is InChI=1S/C6H5FN4O/c1-12-6-9-3-2-8-5(7)10-4(3)11-6/h2H,1H3,(H,8,9,10,11). The van der Waals surface area contributed by atoms with E-state index in [1.54, 1.807) is 0 Å². The van der Waals surface area contributed by atoms with Crippen LogP contribution in [0.25, 0.3) is 11.2 Å². The lowest BCUT2D eigenvalue weighted by molar-refractivity contribution is 0.385. The molecule has 0 aliphatic carbocycles. The Morgan fingerprint density at radius 3 is 3.08 bits per heavy atom. The Labute approximate surface area is 66.6 Å². The molecule has 0 saturated heterocycles. The summed E-state index contributed by atoms with van der Waals surface area (Å²) in [5.74, 6) is 0. The molecule has 2 aromatic heterocycles. The largest absolute Gasteiger partial charge is 0.468 e. The summed E-state index contributed by atoms with van der Waals surface area (Å²) >= 11 is 0. The normalized spacial score (nSPS) is 10.5. The summed E-state index contributed by atoms with van der Waals surface area (Å²) in [7, 11) is 1.46. The minimum atomic E-state index is -0.795. The summed E-state index contributed by atoms with van der Waals surface area (Å²) in [4.78, 5) is 13.4. The van der Waals surface area contributed by atoms with E-state index in [1.165, 1.54) is 13.3 Å². The van der Waals surface area contributed by atoms with Gasteiger partial charge >= 0.3 is 6.08 Å². The predicted molar refractivity (Wildman–Crippen MR) is 38.2 cm³/mol. The SMILES string of the molecule is COc1nc2nc(F)ncc2[nH]1. The molecular formula is C6H5FN4O. The molecule has 0 aliphatic rings. The number of nitrogens with zero attached hydrogens (tertiary/aromatic N) is 3. The van der Waals surface area contributed by atoms with E-state index in [2.05, 4.69) is 19.9 Å². The number of fused-ring (bicyclic) bond motifs is 1. The van der Waals surface area contributed by atoms with Gasteiger partial charge in [-0.2, -0.15) is 14.4 Å². The van der Waals surface area contributed by atoms with E-state index < -0.39 is 6.08 Å². The number of halogens is 1. The Hall–Kier alpha value is -1.72. The molecule has 0 fully saturated rings. The maximum absolute atomic E-state index is 12.4. The first-order chi connectivity index (χ1) is 5.79. The molecular weight excluding hydrogens is 163 g/mol. The summed E-state index contributed by atoms with van der Waals surface area (Å²) in [5, 5.41) is 0. The number of H-pyrrole nitrogens is 1. The lowest BCUT2D eigenvalue weighted by Crippen LogP contribution is -1.87. The van der Waals surface area contributed by atoms with Gasteiger partial charge in [0.2, 0.25) is 0 Å². The molecule has 0 unspecified atom stereocenters. The van der Waals surface area contributed by atoms with E-state index in [4.69, 9.17) is 4.74 Å². The quantitative estimate of drug-likeness (QED) is 0.630. The Balaban J connectivity index is 2.67. The molecule has 0 aliphatic heterocycles. The van der Waals surface area contributed by atoms with Gasteiger partial charge in [-0.15, -0.1) is 0 Å². The van der Waals surface area contributed by atoms with Crippen molar-refractivity contribution >= 4 is 11.2 Å². The lowest BCUT2D eigenvalue weighted by Gasteiger charge is -1.86. The van der Waals surface area contributed by atoms with E-state index in [1.807, 2.05) is 0 Å². The Kier molecular flexibility index (Phi) is 1.39. The third-order valence-corrected chi connectivity index (χ3v) is 1.38. The van der Waals surface area contributed by atoms with Crippen molar-refractivity contribution in [1.29, 1.82) is 0 Å². The van der Waals surface area contributed by atoms with Gasteiger partial charge in [0.15, 0.2) is 5.65 Å². The van der Waals surface area contributed by atoms with Crippen molar-refractivity contribution in [1.82, 2.24) is 19.9 Å². The van der Waals surface area contributed by atoms with Crippen molar-refractivity contribution in [3.8, 4) is 6.01 Å². The molecule has 1 N–H and O–H groups in total. The number of rotatable bonds is 1. The molecule has 12 heavy (non-hydrogen) atoms. The molecule has 0 saturated carbocycles. The van der Waals surface area contributed by atoms with Crippen molar-refractivity contribution in [2.24, 2.45) is 0 Å². The van der Waals surface area contributed by atoms with Gasteiger partial charge < -0.3 is 9.72 Å². The summed E-state index contributed by atoms with van der Waals surface area (Å²) < 4.78 is 17.2. The zero-order valence-corrected chi connectivity index (χ0v) is 6.21. The number of hydrogen-bond donors (Lipinski definition) is 1. The number of ether oxygens (including phenoxy) is 1. The van der Waals surface area contributed by atoms with Gasteiger partial charge in [0.05, 0.1) is 13.3 Å². The van der Waals surface area contributed by atoms with Gasteiger partial charge in [-0.05, 0) is 0 Å². The molecule has 2 rings (SSSR count). The fourth-order valence-electron chi connectivity index (χ4n) is 0.861. The maximum Gasteiger partial charge on any atom is 0.310 e. The molecule has 0 aromatic carbocycles. The van der Waals surface area contributed by atoms with Gasteiger partial charge in [-0.1, -0.05) is 0 Å². The second kappa shape index (κ2) is 2.40. The summed E-state index contributed by atoms with van der Waals surface area (Å²) in [6, 6.07) is 0.296. The van der Waals surface area contributed by atoms with E-state index in [-0.39, 0.29) is 5.65 Å². The van der Waals surface area contributed by atoms with Crippen molar-refractivity contribution in [3.63, 3.8) is 0 Å². The van der Waals surface area contributed by atoms with E-state index in [9.17, 15) is 4.39 Å². The Morgan fingerprint density at radius 2 is 2.33 bits per heavy atom. The van der Waals surface area contributed by atoms with E-state index >= 15 is 0 Å². The number of nitrogens with one attached hydrogen (secondary N) is 1. The van der Waals surface area contributed by atoms with Crippen LogP contribution in [0.1, 0.15) is 0 Å². The highest BCUT2D eigenvalue weighted by molar-refractivity contribution is 5.69. The maximum atomic E-state index is 12.4. The molecule has 0 spiro atoms. The summed E-state index contributed by atoms with van der Waals surface area (Å²) in [6.07, 6.45) is 0.518. The second-order valence-corrected chi connectivity index (χ2v) is 2.12. The molecule has 0 bridgehead atoms. The van der Waals surface area contributed by atoms with Gasteiger partial charge in [0.25, 0.3) is 6.01 Å². The van der Waals surface area contributed by atoms with Gasteiger partial charge in [-0.25, -0.2) is 4.98 Å². The number of hydrogen-bond acceptors (Lipinski definition) is 4. The first-order valence-corrected chi connectivity index (χ1v) is 3.22. The van der Waals surface area contributed by atoms with Crippen molar-refractivity contribution in [2.45, 2.75) is 0 Å². The van der Waals surface area contributed by atoms with Crippen LogP contribution in [0.15, 0.2) is 6.20 Å². The van der Waals surface area contributed by atoms with Crippen LogP contribution in [0, 0.1) is 6.08 Å². The van der Waals surface area contributed by atoms with E-state index in [0.29, 0.717) is 11.5 Å². The molecule has 0 radical (unpaired) electrons. The predicted octanol–water partition coefficient (Wildman–Crippen LogP) is 0.501. The van der Waals surface area contributed by atoms with Crippen LogP contribution in [0.2, 0.25) is 0 Å². The zero-order chi connectivity index (χ0) is 8.55. The molecule has 5 nitrogen and oxygen atoms in total. The highest BCUT2D eigenvalue weighted by Crippen LogP contribution is 2.11. The van der Waals surface area contributed by atoms with Crippen molar-refractivity contribution < 1.29 is 9.13 Å². The first-order valence-electron chi connectivity index (χ1n) is 3.22. The number of methoxy groups -OCH3 is 1. The first kappa shape index (κ1) is 6.96. The fraction of sp³-hybridized carbons (Fsp3) is 0.167. The van der Waals surface area contributed by atoms with Gasteiger partial charge in [0.1, 0.15) is 5.52 Å². The Bertz CT molecular complexity index is 413. The topological polar surface area (TPSA) is 63.7 Å². The molecule has 0 atom stereocenters. The number of imidazole rings is 1. The molecule has 2 heterocycles. The molecule has 6 heteroatoms. The average molecular weight is 168 g/mol. The van der Waals surface area contributed by atoms with Crippen LogP contribution in [0.5, 0.6) is 6.01 Å². The molecule has 0 amide bonds. The lowest BCUT2D eigenvalue weighted by atomic mass is 10.6. The van der Waals surface area contributed by atoms with Gasteiger partial charge in [0, 0.05) is 0 Å². The highest BCUT2D eigenvalue weighted by atomic mass is 19.1.